The Kier molecular flexibility index (Phi) is 5.18. The number of benzene rings is 1. The largest absolute Gasteiger partial charge is 1.00 e. The molecule has 3 heteroatoms. The zero-order valence-electron chi connectivity index (χ0n) is 7.27. The fraction of sp³-hybridized carbons (Fsp3) is 0.100. The third kappa shape index (κ3) is 2.51. The lowest BCUT2D eigenvalue weighted by molar-refractivity contribution is -0.644. The summed E-state index contributed by atoms with van der Waals surface area (Å²) in [5.74, 6) is 0. The average molecular weight is 305 g/mol. The van der Waals surface area contributed by atoms with Gasteiger partial charge in [-0.3, -0.25) is 0 Å². The van der Waals surface area contributed by atoms with Gasteiger partial charge >= 0.3 is 0 Å². The Balaban J connectivity index is 0.000000720. The molecule has 0 amide bonds. The van der Waals surface area contributed by atoms with Gasteiger partial charge in [-0.25, -0.2) is 4.57 Å². The van der Waals surface area contributed by atoms with E-state index in [-0.39, 0.29) is 34.0 Å². The maximum Gasteiger partial charge on any atom is 0.212 e. The number of pyridine rings is 1. The van der Waals surface area contributed by atoms with Crippen molar-refractivity contribution in [3.05, 3.63) is 42.6 Å². The molecular formula is C10H11Br2N. The summed E-state index contributed by atoms with van der Waals surface area (Å²) in [6.45, 7) is 0. The summed E-state index contributed by atoms with van der Waals surface area (Å²) >= 11 is 0. The minimum Gasteiger partial charge on any atom is -1.00 e. The number of rotatable bonds is 0. The van der Waals surface area contributed by atoms with Gasteiger partial charge in [-0.2, -0.15) is 0 Å². The highest BCUT2D eigenvalue weighted by Gasteiger charge is 1.99. The first-order valence-corrected chi connectivity index (χ1v) is 3.71. The zero-order valence-corrected chi connectivity index (χ0v) is 10.6. The Hall–Kier alpha value is -0.410. The highest BCUT2D eigenvalue weighted by atomic mass is 79.9. The highest BCUT2D eigenvalue weighted by Crippen LogP contribution is 2.06. The summed E-state index contributed by atoms with van der Waals surface area (Å²) in [5, 5.41) is 1.29. The lowest BCUT2D eigenvalue weighted by Gasteiger charge is -1.93. The van der Waals surface area contributed by atoms with Crippen LogP contribution in [0.5, 0.6) is 0 Å². The van der Waals surface area contributed by atoms with Gasteiger partial charge in [0.1, 0.15) is 7.05 Å². The van der Waals surface area contributed by atoms with Crippen molar-refractivity contribution in [2.45, 2.75) is 0 Å². The standard InChI is InChI=1S/C10H10N.2BrH/c1-11-8-4-6-9-5-2-3-7-10(9)11;;/h2-8H,1H3;2*1H/q+1;;/p-1. The summed E-state index contributed by atoms with van der Waals surface area (Å²) in [4.78, 5) is 0. The maximum atomic E-state index is 2.12. The number of nitrogens with zero attached hydrogens (tertiary/aromatic N) is 1. The summed E-state index contributed by atoms with van der Waals surface area (Å²) in [6, 6.07) is 12.5. The quantitative estimate of drug-likeness (QED) is 0.564. The fourth-order valence-electron chi connectivity index (χ4n) is 1.31. The van der Waals surface area contributed by atoms with Crippen molar-refractivity contribution in [2.24, 2.45) is 7.05 Å². The van der Waals surface area contributed by atoms with Crippen LogP contribution in [0.3, 0.4) is 0 Å². The predicted molar refractivity (Wildman–Crippen MR) is 55.4 cm³/mol. The number of hydrogen-bond acceptors (Lipinski definition) is 0. The van der Waals surface area contributed by atoms with E-state index in [0.717, 1.165) is 0 Å². The maximum absolute atomic E-state index is 2.12. The molecule has 2 rings (SSSR count). The van der Waals surface area contributed by atoms with Gasteiger partial charge in [0.2, 0.25) is 5.52 Å². The van der Waals surface area contributed by atoms with Crippen molar-refractivity contribution in [1.82, 2.24) is 0 Å². The van der Waals surface area contributed by atoms with Crippen LogP contribution in [0.4, 0.5) is 0 Å². The smallest absolute Gasteiger partial charge is 0.212 e. The molecular weight excluding hydrogens is 294 g/mol. The average Bonchev–Trinajstić information content (AvgIpc) is 2.06. The molecule has 0 N–H and O–H groups in total. The number of halogens is 2. The van der Waals surface area contributed by atoms with Gasteiger partial charge in [0.25, 0.3) is 0 Å². The molecule has 1 nitrogen and oxygen atoms in total. The first-order valence-electron chi connectivity index (χ1n) is 3.71. The molecule has 0 saturated heterocycles. The monoisotopic (exact) mass is 303 g/mol. The Bertz CT molecular complexity index is 382. The minimum atomic E-state index is 0. The van der Waals surface area contributed by atoms with Crippen LogP contribution >= 0.6 is 17.0 Å². The molecule has 2 aromatic rings. The van der Waals surface area contributed by atoms with Crippen molar-refractivity contribution < 1.29 is 21.5 Å². The molecule has 1 aromatic carbocycles. The van der Waals surface area contributed by atoms with E-state index in [1.807, 2.05) is 0 Å². The number of hydrogen-bond donors (Lipinski definition) is 0. The molecule has 70 valence electrons. The molecule has 0 aliphatic carbocycles. The zero-order chi connectivity index (χ0) is 7.68. The Morgan fingerprint density at radius 2 is 1.62 bits per heavy atom. The lowest BCUT2D eigenvalue weighted by atomic mass is 10.2. The molecule has 0 saturated carbocycles. The number of para-hydroxylation sites is 1. The van der Waals surface area contributed by atoms with Crippen LogP contribution in [0.2, 0.25) is 0 Å². The lowest BCUT2D eigenvalue weighted by Crippen LogP contribution is -3.00. The second-order valence-electron chi connectivity index (χ2n) is 2.68. The van der Waals surface area contributed by atoms with Gasteiger partial charge in [-0.1, -0.05) is 12.1 Å². The van der Waals surface area contributed by atoms with Crippen LogP contribution in [-0.2, 0) is 7.05 Å². The summed E-state index contributed by atoms with van der Waals surface area (Å²) < 4.78 is 2.12. The molecule has 0 aliphatic rings. The summed E-state index contributed by atoms with van der Waals surface area (Å²) in [7, 11) is 2.06. The van der Waals surface area contributed by atoms with Crippen molar-refractivity contribution in [3.8, 4) is 0 Å². The molecule has 0 unspecified atom stereocenters. The molecule has 13 heavy (non-hydrogen) atoms. The van der Waals surface area contributed by atoms with Crippen molar-refractivity contribution >= 4 is 27.9 Å². The van der Waals surface area contributed by atoms with Crippen molar-refractivity contribution in [2.75, 3.05) is 0 Å². The van der Waals surface area contributed by atoms with E-state index >= 15 is 0 Å². The van der Waals surface area contributed by atoms with Gasteiger partial charge in [0.05, 0.1) is 0 Å². The van der Waals surface area contributed by atoms with Gasteiger partial charge in [0, 0.05) is 17.5 Å². The van der Waals surface area contributed by atoms with E-state index in [0.29, 0.717) is 0 Å². The first kappa shape index (κ1) is 12.6. The molecule has 1 aromatic heterocycles. The van der Waals surface area contributed by atoms with Crippen molar-refractivity contribution in [3.63, 3.8) is 0 Å². The molecule has 0 fully saturated rings. The van der Waals surface area contributed by atoms with E-state index in [1.165, 1.54) is 10.9 Å². The Morgan fingerprint density at radius 1 is 1.00 bits per heavy atom. The van der Waals surface area contributed by atoms with E-state index in [9.17, 15) is 0 Å². The number of aromatic nitrogens is 1. The van der Waals surface area contributed by atoms with Crippen LogP contribution in [0.1, 0.15) is 0 Å². The molecule has 0 aliphatic heterocycles. The number of aryl methyl sites for hydroxylation is 1. The Morgan fingerprint density at radius 3 is 2.31 bits per heavy atom. The minimum absolute atomic E-state index is 0. The van der Waals surface area contributed by atoms with Gasteiger partial charge in [-0.15, -0.1) is 17.0 Å². The van der Waals surface area contributed by atoms with E-state index in [2.05, 4.69) is 54.2 Å². The van der Waals surface area contributed by atoms with E-state index in [4.69, 9.17) is 0 Å². The van der Waals surface area contributed by atoms with Crippen LogP contribution in [0.15, 0.2) is 42.6 Å². The predicted octanol–water partition coefficient (Wildman–Crippen LogP) is -0.754. The topological polar surface area (TPSA) is 3.88 Å². The second kappa shape index (κ2) is 5.35. The molecule has 0 spiro atoms. The Labute approximate surface area is 98.9 Å². The van der Waals surface area contributed by atoms with Gasteiger partial charge in [-0.05, 0) is 12.1 Å². The SMILES string of the molecule is Br.C[n+]1cccc2ccccc21.[Br-]. The number of fused-ring (bicyclic) bond motifs is 1. The van der Waals surface area contributed by atoms with Gasteiger partial charge in [0.15, 0.2) is 6.20 Å². The first-order chi connectivity index (χ1) is 5.38. The summed E-state index contributed by atoms with van der Waals surface area (Å²) in [6.07, 6.45) is 2.06. The molecule has 0 bridgehead atoms. The second-order valence-corrected chi connectivity index (χ2v) is 2.68. The third-order valence-corrected chi connectivity index (χ3v) is 1.90. The van der Waals surface area contributed by atoms with Crippen LogP contribution in [0.25, 0.3) is 10.9 Å². The fourth-order valence-corrected chi connectivity index (χ4v) is 1.31. The highest BCUT2D eigenvalue weighted by molar-refractivity contribution is 8.93. The van der Waals surface area contributed by atoms with Crippen molar-refractivity contribution in [1.29, 1.82) is 0 Å². The van der Waals surface area contributed by atoms with Crippen LogP contribution in [0, 0.1) is 0 Å². The summed E-state index contributed by atoms with van der Waals surface area (Å²) in [5.41, 5.74) is 1.27. The van der Waals surface area contributed by atoms with Gasteiger partial charge < -0.3 is 17.0 Å². The van der Waals surface area contributed by atoms with E-state index < -0.39 is 0 Å². The van der Waals surface area contributed by atoms with Crippen LogP contribution in [-0.4, -0.2) is 0 Å². The van der Waals surface area contributed by atoms with E-state index in [1.54, 1.807) is 0 Å². The normalized spacial score (nSPS) is 8.69. The molecule has 0 radical (unpaired) electrons. The molecule has 0 atom stereocenters. The third-order valence-electron chi connectivity index (χ3n) is 1.90. The van der Waals surface area contributed by atoms with Crippen LogP contribution < -0.4 is 21.5 Å². The molecule has 1 heterocycles.